The summed E-state index contributed by atoms with van der Waals surface area (Å²) in [7, 11) is -0.955. The van der Waals surface area contributed by atoms with E-state index in [9.17, 15) is 23.3 Å². The van der Waals surface area contributed by atoms with Gasteiger partial charge in [0.25, 0.3) is 5.69 Å². The number of nitrogens with one attached hydrogen (secondary N) is 1. The number of anilines is 2. The minimum Gasteiger partial charge on any atom is -0.495 e. The van der Waals surface area contributed by atoms with Crippen molar-refractivity contribution in [3.8, 4) is 11.5 Å². The van der Waals surface area contributed by atoms with Gasteiger partial charge < -0.3 is 14.8 Å². The molecule has 0 heterocycles. The fourth-order valence-corrected chi connectivity index (χ4v) is 3.76. The minimum absolute atomic E-state index is 0.0291. The van der Waals surface area contributed by atoms with Crippen molar-refractivity contribution in [1.29, 1.82) is 0 Å². The van der Waals surface area contributed by atoms with Crippen LogP contribution in [0.5, 0.6) is 11.5 Å². The van der Waals surface area contributed by atoms with E-state index >= 15 is 0 Å². The van der Waals surface area contributed by atoms with Crippen LogP contribution in [-0.2, 0) is 14.8 Å². The third kappa shape index (κ3) is 5.83. The number of non-ortho nitro benzene ring substituents is 1. The number of ether oxygens (including phenoxy) is 2. The van der Waals surface area contributed by atoms with E-state index in [2.05, 4.69) is 5.32 Å². The van der Waals surface area contributed by atoms with Gasteiger partial charge in [-0.3, -0.25) is 19.2 Å². The molecule has 0 fully saturated rings. The van der Waals surface area contributed by atoms with E-state index < -0.39 is 14.9 Å². The average molecular weight is 437 g/mol. The summed E-state index contributed by atoms with van der Waals surface area (Å²) >= 11 is 0. The average Bonchev–Trinajstić information content (AvgIpc) is 2.70. The van der Waals surface area contributed by atoms with Gasteiger partial charge in [-0.1, -0.05) is 12.1 Å². The van der Waals surface area contributed by atoms with Crippen LogP contribution in [0.25, 0.3) is 0 Å². The van der Waals surface area contributed by atoms with Crippen LogP contribution in [0.4, 0.5) is 17.1 Å². The number of hydrogen-bond acceptors (Lipinski definition) is 7. The zero-order chi connectivity index (χ0) is 22.3. The number of nitro benzene ring substituents is 1. The maximum Gasteiger partial charge on any atom is 0.271 e. The van der Waals surface area contributed by atoms with Gasteiger partial charge in [0.1, 0.15) is 17.2 Å². The zero-order valence-electron chi connectivity index (χ0n) is 16.8. The molecule has 0 aromatic heterocycles. The molecule has 11 heteroatoms. The first-order chi connectivity index (χ1) is 14.2. The van der Waals surface area contributed by atoms with Crippen LogP contribution in [0.1, 0.15) is 12.8 Å². The van der Waals surface area contributed by atoms with Gasteiger partial charge in [0.2, 0.25) is 15.9 Å². The lowest BCUT2D eigenvalue weighted by Gasteiger charge is -2.24. The number of carbonyl (C=O) groups is 1. The Labute approximate surface area is 174 Å². The van der Waals surface area contributed by atoms with Gasteiger partial charge in [0.05, 0.1) is 31.1 Å². The topological polar surface area (TPSA) is 128 Å². The molecule has 2 aromatic carbocycles. The fraction of sp³-hybridized carbons (Fsp3) is 0.316. The maximum atomic E-state index is 12.3. The normalized spacial score (nSPS) is 10.9. The molecule has 0 aliphatic carbocycles. The molecule has 30 heavy (non-hydrogen) atoms. The molecule has 0 aliphatic rings. The summed E-state index contributed by atoms with van der Waals surface area (Å²) in [6, 6.07) is 10.6. The van der Waals surface area contributed by atoms with Crippen LogP contribution < -0.4 is 19.1 Å². The highest BCUT2D eigenvalue weighted by atomic mass is 32.2. The molecule has 1 N–H and O–H groups in total. The third-order valence-corrected chi connectivity index (χ3v) is 5.37. The Kier molecular flexibility index (Phi) is 7.59. The second-order valence-corrected chi connectivity index (χ2v) is 8.21. The summed E-state index contributed by atoms with van der Waals surface area (Å²) in [4.78, 5) is 22.7. The molecule has 0 radical (unpaired) electrons. The van der Waals surface area contributed by atoms with Crippen molar-refractivity contribution in [1.82, 2.24) is 0 Å². The van der Waals surface area contributed by atoms with Crippen molar-refractivity contribution < 1.29 is 27.6 Å². The number of nitrogens with zero attached hydrogens (tertiary/aromatic N) is 2. The highest BCUT2D eigenvalue weighted by molar-refractivity contribution is 7.92. The SMILES string of the molecule is COc1ccccc1NC(=O)CCCN(c1cc([N+](=O)[O-])ccc1OC)S(C)(=O)=O. The quantitative estimate of drug-likeness (QED) is 0.447. The first-order valence-corrected chi connectivity index (χ1v) is 10.7. The number of carbonyl (C=O) groups excluding carboxylic acids is 1. The molecule has 1 amide bonds. The first-order valence-electron chi connectivity index (χ1n) is 8.90. The number of amides is 1. The van der Waals surface area contributed by atoms with Gasteiger partial charge in [0.15, 0.2) is 0 Å². The molecule has 0 bridgehead atoms. The number of nitro groups is 1. The molecule has 0 saturated carbocycles. The van der Waals surface area contributed by atoms with E-state index in [1.807, 2.05) is 0 Å². The van der Waals surface area contributed by atoms with Gasteiger partial charge in [-0.05, 0) is 24.6 Å². The monoisotopic (exact) mass is 437 g/mol. The van der Waals surface area contributed by atoms with Gasteiger partial charge in [0, 0.05) is 25.1 Å². The van der Waals surface area contributed by atoms with Gasteiger partial charge >= 0.3 is 0 Å². The van der Waals surface area contributed by atoms with Crippen molar-refractivity contribution in [3.63, 3.8) is 0 Å². The Morgan fingerprint density at radius 1 is 1.13 bits per heavy atom. The maximum absolute atomic E-state index is 12.3. The lowest BCUT2D eigenvalue weighted by molar-refractivity contribution is -0.384. The summed E-state index contributed by atoms with van der Waals surface area (Å²) in [5.41, 5.74) is 0.276. The number of hydrogen-bond donors (Lipinski definition) is 1. The van der Waals surface area contributed by atoms with Crippen molar-refractivity contribution in [2.45, 2.75) is 12.8 Å². The Morgan fingerprint density at radius 2 is 1.80 bits per heavy atom. The van der Waals surface area contributed by atoms with E-state index in [0.29, 0.717) is 11.4 Å². The van der Waals surface area contributed by atoms with Gasteiger partial charge in [-0.25, -0.2) is 8.42 Å². The first kappa shape index (κ1) is 22.9. The summed E-state index contributed by atoms with van der Waals surface area (Å²) < 4.78 is 36.0. The molecular formula is C19H23N3O7S. The highest BCUT2D eigenvalue weighted by Crippen LogP contribution is 2.34. The molecule has 0 atom stereocenters. The lowest BCUT2D eigenvalue weighted by Crippen LogP contribution is -2.32. The number of sulfonamides is 1. The largest absolute Gasteiger partial charge is 0.495 e. The second-order valence-electron chi connectivity index (χ2n) is 6.30. The number of rotatable bonds is 10. The number of benzene rings is 2. The zero-order valence-corrected chi connectivity index (χ0v) is 17.6. The second kappa shape index (κ2) is 9.92. The smallest absolute Gasteiger partial charge is 0.271 e. The van der Waals surface area contributed by atoms with E-state index in [0.717, 1.165) is 16.6 Å². The van der Waals surface area contributed by atoms with Crippen molar-refractivity contribution in [2.24, 2.45) is 0 Å². The molecule has 2 aromatic rings. The molecule has 0 spiro atoms. The Morgan fingerprint density at radius 3 is 2.40 bits per heavy atom. The molecule has 10 nitrogen and oxygen atoms in total. The predicted octanol–water partition coefficient (Wildman–Crippen LogP) is 2.80. The summed E-state index contributed by atoms with van der Waals surface area (Å²) in [6.07, 6.45) is 1.20. The summed E-state index contributed by atoms with van der Waals surface area (Å²) in [5, 5.41) is 13.8. The van der Waals surface area contributed by atoms with Gasteiger partial charge in [-0.15, -0.1) is 0 Å². The van der Waals surface area contributed by atoms with Crippen LogP contribution >= 0.6 is 0 Å². The minimum atomic E-state index is -3.78. The van der Waals surface area contributed by atoms with Crippen molar-refractivity contribution in [3.05, 3.63) is 52.6 Å². The molecule has 0 aliphatic heterocycles. The molecule has 0 saturated heterocycles. The standard InChI is InChI=1S/C19H23N3O7S/c1-28-17-8-5-4-7-15(17)20-19(23)9-6-12-21(30(3,26)27)16-13-14(22(24)25)10-11-18(16)29-2/h4-5,7-8,10-11,13H,6,9,12H2,1-3H3,(H,20,23). The Balaban J connectivity index is 2.14. The Bertz CT molecular complexity index is 1020. The fourth-order valence-electron chi connectivity index (χ4n) is 2.80. The summed E-state index contributed by atoms with van der Waals surface area (Å²) in [6.45, 7) is -0.0598. The van der Waals surface area contributed by atoms with Crippen LogP contribution in [0.3, 0.4) is 0 Å². The third-order valence-electron chi connectivity index (χ3n) is 4.19. The van der Waals surface area contributed by atoms with Crippen LogP contribution in [0.2, 0.25) is 0 Å². The van der Waals surface area contributed by atoms with Crippen LogP contribution in [0, 0.1) is 10.1 Å². The number of para-hydroxylation sites is 2. The molecule has 0 unspecified atom stereocenters. The van der Waals surface area contributed by atoms with Crippen LogP contribution in [-0.4, -0.2) is 46.3 Å². The van der Waals surface area contributed by atoms with E-state index in [-0.39, 0.29) is 42.4 Å². The van der Waals surface area contributed by atoms with Crippen LogP contribution in [0.15, 0.2) is 42.5 Å². The van der Waals surface area contributed by atoms with E-state index in [1.165, 1.54) is 26.4 Å². The lowest BCUT2D eigenvalue weighted by atomic mass is 10.2. The Hall–Kier alpha value is -3.34. The van der Waals surface area contributed by atoms with E-state index in [1.54, 1.807) is 24.3 Å². The molecule has 2 rings (SSSR count). The molecule has 162 valence electrons. The predicted molar refractivity (Wildman–Crippen MR) is 113 cm³/mol. The highest BCUT2D eigenvalue weighted by Gasteiger charge is 2.24. The summed E-state index contributed by atoms with van der Waals surface area (Å²) in [5.74, 6) is 0.355. The van der Waals surface area contributed by atoms with E-state index in [4.69, 9.17) is 9.47 Å². The van der Waals surface area contributed by atoms with Crippen molar-refractivity contribution >= 4 is 33.0 Å². The van der Waals surface area contributed by atoms with Gasteiger partial charge in [-0.2, -0.15) is 0 Å². The molecular weight excluding hydrogens is 414 g/mol. The van der Waals surface area contributed by atoms with Crippen molar-refractivity contribution in [2.75, 3.05) is 36.6 Å². The number of methoxy groups -OCH3 is 2.